The molecule has 0 aliphatic heterocycles. The van der Waals surface area contributed by atoms with Crippen molar-refractivity contribution >= 4 is 0 Å². The molecule has 21 heavy (non-hydrogen) atoms. The van der Waals surface area contributed by atoms with Gasteiger partial charge in [0, 0.05) is 6.04 Å². The summed E-state index contributed by atoms with van der Waals surface area (Å²) >= 11 is 0. The second-order valence-electron chi connectivity index (χ2n) is 5.28. The van der Waals surface area contributed by atoms with E-state index in [1.54, 1.807) is 12.1 Å². The fraction of sp³-hybridized carbons (Fsp3) is 0.625. The van der Waals surface area contributed by atoms with Crippen molar-refractivity contribution in [2.75, 3.05) is 0 Å². The number of unbranched alkanes of at least 4 members (excludes halogenated alkanes) is 5. The van der Waals surface area contributed by atoms with Gasteiger partial charge in [-0.2, -0.15) is 0 Å². The monoisotopic (exact) mass is 303 g/mol. The quantitative estimate of drug-likeness (QED) is 0.625. The van der Waals surface area contributed by atoms with Crippen LogP contribution in [-0.4, -0.2) is 6.36 Å². The maximum atomic E-state index is 12.0. The Labute approximate surface area is 124 Å². The minimum Gasteiger partial charge on any atom is -0.406 e. The van der Waals surface area contributed by atoms with Gasteiger partial charge in [0.2, 0.25) is 0 Å². The van der Waals surface area contributed by atoms with Crippen LogP contribution in [0.15, 0.2) is 24.3 Å². The fourth-order valence-corrected chi connectivity index (χ4v) is 2.23. The maximum Gasteiger partial charge on any atom is 0.573 e. The number of nitrogens with two attached hydrogens (primary N) is 1. The van der Waals surface area contributed by atoms with Crippen molar-refractivity contribution in [2.24, 2.45) is 5.73 Å². The van der Waals surface area contributed by atoms with Gasteiger partial charge in [-0.05, 0) is 24.1 Å². The summed E-state index contributed by atoms with van der Waals surface area (Å²) in [7, 11) is 0. The molecule has 2 nitrogen and oxygen atoms in total. The lowest BCUT2D eigenvalue weighted by molar-refractivity contribution is -0.274. The molecule has 120 valence electrons. The minimum absolute atomic E-state index is 0.129. The highest BCUT2D eigenvalue weighted by Gasteiger charge is 2.30. The van der Waals surface area contributed by atoms with Crippen LogP contribution in [0.3, 0.4) is 0 Å². The van der Waals surface area contributed by atoms with Crippen LogP contribution < -0.4 is 10.5 Å². The highest BCUT2D eigenvalue weighted by atomic mass is 19.4. The van der Waals surface area contributed by atoms with Crippen LogP contribution >= 0.6 is 0 Å². The molecule has 0 aliphatic rings. The van der Waals surface area contributed by atoms with E-state index >= 15 is 0 Å². The Balaban J connectivity index is 2.32. The predicted molar refractivity (Wildman–Crippen MR) is 78.0 cm³/mol. The van der Waals surface area contributed by atoms with E-state index in [4.69, 9.17) is 5.73 Å². The van der Waals surface area contributed by atoms with Crippen molar-refractivity contribution in [3.05, 3.63) is 29.8 Å². The Morgan fingerprint density at radius 2 is 1.57 bits per heavy atom. The SMILES string of the molecule is CCCCCCCCC(N)c1ccc(OC(F)(F)F)cc1. The summed E-state index contributed by atoms with van der Waals surface area (Å²) < 4.78 is 40.0. The standard InChI is InChI=1S/C16H24F3NO/c1-2-3-4-5-6-7-8-15(20)13-9-11-14(12-10-13)21-16(17,18)19/h9-12,15H,2-8,20H2,1H3. The van der Waals surface area contributed by atoms with Gasteiger partial charge in [0.05, 0.1) is 0 Å². The van der Waals surface area contributed by atoms with Gasteiger partial charge in [-0.25, -0.2) is 0 Å². The molecule has 1 rings (SSSR count). The lowest BCUT2D eigenvalue weighted by atomic mass is 10.0. The minimum atomic E-state index is -4.65. The zero-order valence-electron chi connectivity index (χ0n) is 12.5. The van der Waals surface area contributed by atoms with Crippen LogP contribution in [0.1, 0.15) is 63.5 Å². The Morgan fingerprint density at radius 3 is 2.14 bits per heavy atom. The molecule has 0 aromatic heterocycles. The third-order valence-corrected chi connectivity index (χ3v) is 3.41. The molecular formula is C16H24F3NO. The van der Waals surface area contributed by atoms with Crippen LogP contribution in [0.4, 0.5) is 13.2 Å². The molecule has 1 atom stereocenters. The van der Waals surface area contributed by atoms with Crippen molar-refractivity contribution in [1.82, 2.24) is 0 Å². The summed E-state index contributed by atoms with van der Waals surface area (Å²) in [6, 6.07) is 5.69. The van der Waals surface area contributed by atoms with Crippen molar-refractivity contribution in [1.29, 1.82) is 0 Å². The summed E-state index contributed by atoms with van der Waals surface area (Å²) in [5.74, 6) is -0.210. The highest BCUT2D eigenvalue weighted by Crippen LogP contribution is 2.25. The normalized spacial score (nSPS) is 13.2. The number of alkyl halides is 3. The fourth-order valence-electron chi connectivity index (χ4n) is 2.23. The number of ether oxygens (including phenoxy) is 1. The van der Waals surface area contributed by atoms with E-state index in [9.17, 15) is 13.2 Å². The van der Waals surface area contributed by atoms with E-state index in [-0.39, 0.29) is 11.8 Å². The molecule has 0 saturated heterocycles. The number of benzene rings is 1. The van der Waals surface area contributed by atoms with E-state index in [1.165, 1.54) is 37.8 Å². The zero-order chi connectivity index (χ0) is 15.7. The Hall–Kier alpha value is -1.23. The molecule has 0 bridgehead atoms. The highest BCUT2D eigenvalue weighted by molar-refractivity contribution is 5.29. The average Bonchev–Trinajstić information content (AvgIpc) is 2.41. The lowest BCUT2D eigenvalue weighted by Gasteiger charge is -2.13. The second-order valence-corrected chi connectivity index (χ2v) is 5.28. The van der Waals surface area contributed by atoms with Crippen LogP contribution in [-0.2, 0) is 0 Å². The van der Waals surface area contributed by atoms with Crippen molar-refractivity contribution in [2.45, 2.75) is 64.3 Å². The van der Waals surface area contributed by atoms with Crippen LogP contribution in [0.5, 0.6) is 5.75 Å². The van der Waals surface area contributed by atoms with Gasteiger partial charge in [0.15, 0.2) is 0 Å². The molecule has 0 aliphatic carbocycles. The first-order valence-electron chi connectivity index (χ1n) is 7.53. The molecule has 0 saturated carbocycles. The van der Waals surface area contributed by atoms with Crippen LogP contribution in [0.2, 0.25) is 0 Å². The molecule has 1 unspecified atom stereocenters. The van der Waals surface area contributed by atoms with E-state index in [2.05, 4.69) is 11.7 Å². The number of rotatable bonds is 9. The Morgan fingerprint density at radius 1 is 1.00 bits per heavy atom. The van der Waals surface area contributed by atoms with Crippen molar-refractivity contribution in [3.63, 3.8) is 0 Å². The molecule has 0 amide bonds. The third kappa shape index (κ3) is 7.95. The zero-order valence-corrected chi connectivity index (χ0v) is 12.5. The van der Waals surface area contributed by atoms with Gasteiger partial charge >= 0.3 is 6.36 Å². The predicted octanol–water partition coefficient (Wildman–Crippen LogP) is 5.34. The number of halogens is 3. The molecule has 1 aromatic carbocycles. The second kappa shape index (κ2) is 8.93. The summed E-state index contributed by atoms with van der Waals surface area (Å²) in [6.45, 7) is 2.18. The van der Waals surface area contributed by atoms with E-state index < -0.39 is 6.36 Å². The summed E-state index contributed by atoms with van der Waals surface area (Å²) in [6.07, 6.45) is 3.38. The molecule has 2 N–H and O–H groups in total. The summed E-state index contributed by atoms with van der Waals surface area (Å²) in [4.78, 5) is 0. The van der Waals surface area contributed by atoms with E-state index in [0.29, 0.717) is 0 Å². The summed E-state index contributed by atoms with van der Waals surface area (Å²) in [5.41, 5.74) is 6.90. The van der Waals surface area contributed by atoms with E-state index in [0.717, 1.165) is 24.8 Å². The molecule has 5 heteroatoms. The van der Waals surface area contributed by atoms with Crippen molar-refractivity contribution < 1.29 is 17.9 Å². The molecular weight excluding hydrogens is 279 g/mol. The Bertz CT molecular complexity index is 390. The van der Waals surface area contributed by atoms with Gasteiger partial charge < -0.3 is 10.5 Å². The van der Waals surface area contributed by atoms with Gasteiger partial charge in [-0.15, -0.1) is 13.2 Å². The number of hydrogen-bond donors (Lipinski definition) is 1. The third-order valence-electron chi connectivity index (χ3n) is 3.41. The van der Waals surface area contributed by atoms with Gasteiger partial charge in [0.25, 0.3) is 0 Å². The first kappa shape index (κ1) is 17.8. The largest absolute Gasteiger partial charge is 0.573 e. The van der Waals surface area contributed by atoms with Gasteiger partial charge in [0.1, 0.15) is 5.75 Å². The molecule has 0 spiro atoms. The maximum absolute atomic E-state index is 12.0. The summed E-state index contributed by atoms with van der Waals surface area (Å²) in [5, 5.41) is 0. The van der Waals surface area contributed by atoms with Crippen LogP contribution in [0, 0.1) is 0 Å². The number of hydrogen-bond acceptors (Lipinski definition) is 2. The topological polar surface area (TPSA) is 35.2 Å². The smallest absolute Gasteiger partial charge is 0.406 e. The van der Waals surface area contributed by atoms with Gasteiger partial charge in [-0.3, -0.25) is 0 Å². The first-order chi connectivity index (χ1) is 9.92. The molecule has 0 fully saturated rings. The lowest BCUT2D eigenvalue weighted by Crippen LogP contribution is -2.17. The average molecular weight is 303 g/mol. The van der Waals surface area contributed by atoms with E-state index in [1.807, 2.05) is 0 Å². The van der Waals surface area contributed by atoms with Gasteiger partial charge in [-0.1, -0.05) is 57.6 Å². The molecule has 0 radical (unpaired) electrons. The molecule has 1 aromatic rings. The molecule has 0 heterocycles. The Kier molecular flexibility index (Phi) is 7.57. The van der Waals surface area contributed by atoms with Crippen LogP contribution in [0.25, 0.3) is 0 Å². The van der Waals surface area contributed by atoms with Crippen molar-refractivity contribution in [3.8, 4) is 5.75 Å². The first-order valence-corrected chi connectivity index (χ1v) is 7.53.